The fourth-order valence-electron chi connectivity index (χ4n) is 2.44. The Morgan fingerprint density at radius 1 is 1.03 bits per heavy atom. The lowest BCUT2D eigenvalue weighted by molar-refractivity contribution is -0.137. The predicted octanol–water partition coefficient (Wildman–Crippen LogP) is 2.92. The molecular formula is C19H19F3N4O3. The fraction of sp³-hybridized carbons (Fsp3) is 0.263. The van der Waals surface area contributed by atoms with Gasteiger partial charge in [0.15, 0.2) is 0 Å². The van der Waals surface area contributed by atoms with Gasteiger partial charge in [-0.05, 0) is 36.2 Å². The highest BCUT2D eigenvalue weighted by atomic mass is 19.4. The van der Waals surface area contributed by atoms with Crippen LogP contribution < -0.4 is 16.2 Å². The van der Waals surface area contributed by atoms with Gasteiger partial charge < -0.3 is 5.32 Å². The van der Waals surface area contributed by atoms with E-state index < -0.39 is 35.4 Å². The molecule has 0 aliphatic rings. The molecule has 1 heterocycles. The van der Waals surface area contributed by atoms with E-state index in [0.29, 0.717) is 0 Å². The summed E-state index contributed by atoms with van der Waals surface area (Å²) in [4.78, 5) is 39.5. The number of amides is 3. The minimum absolute atomic E-state index is 0.0187. The number of rotatable bonds is 6. The van der Waals surface area contributed by atoms with Crippen molar-refractivity contribution in [2.75, 3.05) is 5.32 Å². The number of carbonyl (C=O) groups is 3. The maximum Gasteiger partial charge on any atom is 0.416 e. The molecule has 29 heavy (non-hydrogen) atoms. The van der Waals surface area contributed by atoms with Gasteiger partial charge in [0.05, 0.1) is 11.1 Å². The zero-order valence-corrected chi connectivity index (χ0v) is 15.4. The molecule has 1 aromatic heterocycles. The summed E-state index contributed by atoms with van der Waals surface area (Å²) in [7, 11) is 0. The van der Waals surface area contributed by atoms with Crippen LogP contribution in [-0.4, -0.2) is 22.7 Å². The van der Waals surface area contributed by atoms with E-state index in [1.54, 1.807) is 13.0 Å². The largest absolute Gasteiger partial charge is 0.416 e. The highest BCUT2D eigenvalue weighted by Gasteiger charge is 2.30. The van der Waals surface area contributed by atoms with Gasteiger partial charge in [0, 0.05) is 30.9 Å². The lowest BCUT2D eigenvalue weighted by Crippen LogP contribution is -2.42. The van der Waals surface area contributed by atoms with Crippen LogP contribution in [0.15, 0.2) is 48.8 Å². The normalized spacial score (nSPS) is 12.0. The van der Waals surface area contributed by atoms with E-state index in [4.69, 9.17) is 0 Å². The predicted molar refractivity (Wildman–Crippen MR) is 98.3 cm³/mol. The van der Waals surface area contributed by atoms with E-state index in [0.717, 1.165) is 12.1 Å². The third-order valence-corrected chi connectivity index (χ3v) is 3.78. The first kappa shape index (κ1) is 21.9. The van der Waals surface area contributed by atoms with Gasteiger partial charge in [-0.2, -0.15) is 13.2 Å². The number of hydrogen-bond donors (Lipinski definition) is 3. The molecule has 2 aromatic rings. The summed E-state index contributed by atoms with van der Waals surface area (Å²) in [6, 6.07) is 7.38. The number of pyridine rings is 1. The summed E-state index contributed by atoms with van der Waals surface area (Å²) in [5, 5.41) is 2.38. The van der Waals surface area contributed by atoms with Crippen LogP contribution in [0.1, 0.15) is 35.7 Å². The molecule has 3 amide bonds. The molecule has 1 aromatic carbocycles. The maximum atomic E-state index is 12.7. The van der Waals surface area contributed by atoms with Crippen molar-refractivity contribution >= 4 is 23.4 Å². The molecule has 0 aliphatic carbocycles. The number of hydrogen-bond acceptors (Lipinski definition) is 4. The Morgan fingerprint density at radius 3 is 2.41 bits per heavy atom. The first-order valence-electron chi connectivity index (χ1n) is 8.61. The minimum atomic E-state index is -4.51. The molecule has 0 saturated carbocycles. The van der Waals surface area contributed by atoms with E-state index in [9.17, 15) is 27.6 Å². The van der Waals surface area contributed by atoms with Gasteiger partial charge in [-0.1, -0.05) is 13.0 Å². The number of alkyl halides is 3. The second-order valence-electron chi connectivity index (χ2n) is 6.38. The van der Waals surface area contributed by atoms with Crippen molar-refractivity contribution in [2.45, 2.75) is 25.9 Å². The molecule has 1 unspecified atom stereocenters. The number of benzene rings is 1. The number of carbonyl (C=O) groups excluding carboxylic acids is 3. The van der Waals surface area contributed by atoms with Crippen LogP contribution in [0.5, 0.6) is 0 Å². The summed E-state index contributed by atoms with van der Waals surface area (Å²) < 4.78 is 38.1. The summed E-state index contributed by atoms with van der Waals surface area (Å²) in [6.07, 6.45) is -1.82. The summed E-state index contributed by atoms with van der Waals surface area (Å²) in [5.74, 6) is -1.98. The Kier molecular flexibility index (Phi) is 7.29. The fourth-order valence-corrected chi connectivity index (χ4v) is 2.44. The van der Waals surface area contributed by atoms with E-state index in [2.05, 4.69) is 21.2 Å². The molecule has 0 aliphatic heterocycles. The lowest BCUT2D eigenvalue weighted by Gasteiger charge is -2.13. The quantitative estimate of drug-likeness (QED) is 0.640. The van der Waals surface area contributed by atoms with Crippen molar-refractivity contribution in [3.8, 4) is 0 Å². The van der Waals surface area contributed by atoms with Gasteiger partial charge in [0.2, 0.25) is 11.8 Å². The molecule has 0 radical (unpaired) electrons. The second kappa shape index (κ2) is 9.67. The monoisotopic (exact) mass is 408 g/mol. The Hall–Kier alpha value is -3.43. The van der Waals surface area contributed by atoms with Crippen LogP contribution in [0.25, 0.3) is 0 Å². The molecule has 2 rings (SSSR count). The number of hydrazine groups is 1. The average molecular weight is 408 g/mol. The lowest BCUT2D eigenvalue weighted by atomic mass is 10.0. The van der Waals surface area contributed by atoms with Crippen LogP contribution in [0, 0.1) is 5.92 Å². The third-order valence-electron chi connectivity index (χ3n) is 3.78. The number of nitrogens with zero attached hydrogens (tertiary/aromatic N) is 1. The maximum absolute atomic E-state index is 12.7. The summed E-state index contributed by atoms with van der Waals surface area (Å²) in [6.45, 7) is 1.63. The van der Waals surface area contributed by atoms with E-state index in [1.807, 2.05) is 0 Å². The van der Waals surface area contributed by atoms with Crippen molar-refractivity contribution in [1.29, 1.82) is 0 Å². The summed E-state index contributed by atoms with van der Waals surface area (Å²) in [5.41, 5.74) is 3.88. The topological polar surface area (TPSA) is 100 Å². The van der Waals surface area contributed by atoms with Crippen LogP contribution in [0.3, 0.4) is 0 Å². The number of nitrogens with one attached hydrogen (secondary N) is 3. The third kappa shape index (κ3) is 7.24. The molecule has 1 atom stereocenters. The van der Waals surface area contributed by atoms with Crippen molar-refractivity contribution in [2.24, 2.45) is 5.92 Å². The molecule has 154 valence electrons. The minimum Gasteiger partial charge on any atom is -0.326 e. The first-order valence-corrected chi connectivity index (χ1v) is 8.61. The molecule has 10 heteroatoms. The molecule has 3 N–H and O–H groups in total. The molecular weight excluding hydrogens is 389 g/mol. The van der Waals surface area contributed by atoms with Crippen LogP contribution >= 0.6 is 0 Å². The zero-order valence-electron chi connectivity index (χ0n) is 15.4. The number of halogens is 3. The van der Waals surface area contributed by atoms with Crippen molar-refractivity contribution in [1.82, 2.24) is 15.8 Å². The number of anilines is 1. The van der Waals surface area contributed by atoms with Crippen molar-refractivity contribution < 1.29 is 27.6 Å². The van der Waals surface area contributed by atoms with Gasteiger partial charge in [0.25, 0.3) is 5.91 Å². The van der Waals surface area contributed by atoms with Gasteiger partial charge in [-0.15, -0.1) is 0 Å². The highest BCUT2D eigenvalue weighted by molar-refractivity contribution is 5.95. The van der Waals surface area contributed by atoms with Crippen molar-refractivity contribution in [3.63, 3.8) is 0 Å². The van der Waals surface area contributed by atoms with E-state index in [1.165, 1.54) is 30.6 Å². The molecule has 0 spiro atoms. The number of aromatic nitrogens is 1. The van der Waals surface area contributed by atoms with E-state index in [-0.39, 0.29) is 24.1 Å². The second-order valence-corrected chi connectivity index (χ2v) is 6.38. The first-order chi connectivity index (χ1) is 13.6. The standard InChI is InChI=1S/C19H19F3N4O3/c1-12(9-17(28)25-26-18(29)13-4-3-7-23-11-13)8-16(27)24-15-6-2-5-14(10-15)19(20,21)22/h2-7,10-12H,8-9H2,1H3,(H,24,27)(H,25,28)(H,26,29). The Labute approximate surface area is 164 Å². The Bertz CT molecular complexity index is 873. The molecule has 0 saturated heterocycles. The zero-order chi connectivity index (χ0) is 21.4. The smallest absolute Gasteiger partial charge is 0.326 e. The average Bonchev–Trinajstić information content (AvgIpc) is 2.66. The summed E-state index contributed by atoms with van der Waals surface area (Å²) >= 11 is 0. The van der Waals surface area contributed by atoms with Crippen LogP contribution in [0.4, 0.5) is 18.9 Å². The van der Waals surface area contributed by atoms with Crippen LogP contribution in [0.2, 0.25) is 0 Å². The molecule has 7 nitrogen and oxygen atoms in total. The Balaban J connectivity index is 1.78. The van der Waals surface area contributed by atoms with Gasteiger partial charge >= 0.3 is 6.18 Å². The SMILES string of the molecule is CC(CC(=O)NNC(=O)c1cccnc1)CC(=O)Nc1cccc(C(F)(F)F)c1. The van der Waals surface area contributed by atoms with Gasteiger partial charge in [-0.3, -0.25) is 30.2 Å². The molecule has 0 fully saturated rings. The van der Waals surface area contributed by atoms with Crippen molar-refractivity contribution in [3.05, 3.63) is 59.9 Å². The van der Waals surface area contributed by atoms with Crippen LogP contribution in [-0.2, 0) is 15.8 Å². The highest BCUT2D eigenvalue weighted by Crippen LogP contribution is 2.30. The van der Waals surface area contributed by atoms with Gasteiger partial charge in [-0.25, -0.2) is 0 Å². The van der Waals surface area contributed by atoms with E-state index >= 15 is 0 Å². The Morgan fingerprint density at radius 2 is 1.76 bits per heavy atom. The molecule has 0 bridgehead atoms. The van der Waals surface area contributed by atoms with Gasteiger partial charge in [0.1, 0.15) is 0 Å².